The van der Waals surface area contributed by atoms with Gasteiger partial charge in [-0.05, 0) is 51.2 Å². The highest BCUT2D eigenvalue weighted by atomic mass is 16.5. The molecule has 1 aliphatic heterocycles. The Bertz CT molecular complexity index is 384. The summed E-state index contributed by atoms with van der Waals surface area (Å²) in [6, 6.07) is 0. The van der Waals surface area contributed by atoms with Gasteiger partial charge in [0.1, 0.15) is 0 Å². The second kappa shape index (κ2) is 26.0. The Labute approximate surface area is 215 Å². The summed E-state index contributed by atoms with van der Waals surface area (Å²) in [6.45, 7) is 12.8. The maximum absolute atomic E-state index is 5.96. The first-order valence-corrected chi connectivity index (χ1v) is 15.9. The smallest absolute Gasteiger partial charge is 0.0478 e. The van der Waals surface area contributed by atoms with Crippen LogP contribution in [0.1, 0.15) is 149 Å². The van der Waals surface area contributed by atoms with Gasteiger partial charge in [-0.15, -0.1) is 0 Å². The number of nitrogens with one attached hydrogen (secondary N) is 1. The Hall–Kier alpha value is -0.120. The monoisotopic (exact) mass is 481 g/mol. The predicted octanol–water partition coefficient (Wildman–Crippen LogP) is 8.76. The molecule has 1 heterocycles. The predicted molar refractivity (Wildman–Crippen MR) is 152 cm³/mol. The first-order chi connectivity index (χ1) is 16.9. The van der Waals surface area contributed by atoms with E-state index in [0.717, 1.165) is 19.1 Å². The van der Waals surface area contributed by atoms with Crippen molar-refractivity contribution in [2.45, 2.75) is 149 Å². The molecule has 1 fully saturated rings. The van der Waals surface area contributed by atoms with Crippen LogP contribution in [0.3, 0.4) is 0 Å². The zero-order chi connectivity index (χ0) is 24.4. The molecule has 34 heavy (non-hydrogen) atoms. The minimum absolute atomic E-state index is 0.867. The van der Waals surface area contributed by atoms with Gasteiger partial charge >= 0.3 is 0 Å². The van der Waals surface area contributed by atoms with Crippen molar-refractivity contribution in [2.24, 2.45) is 5.92 Å². The van der Waals surface area contributed by atoms with Gasteiger partial charge in [0.2, 0.25) is 0 Å². The average molecular weight is 481 g/mol. The van der Waals surface area contributed by atoms with Gasteiger partial charge in [0, 0.05) is 26.3 Å². The van der Waals surface area contributed by atoms with E-state index in [4.69, 9.17) is 4.74 Å². The molecule has 0 spiro atoms. The standard InChI is InChI=1S/C31H64N2O/c1-3-5-7-9-11-12-13-14-15-16-18-20-25-33(30-31-23-24-32-29-31)26-22-28-34-27-21-19-17-10-8-6-4-2/h31-32H,3-30H2,1-2H3. The number of rotatable bonds is 27. The molecule has 1 aliphatic rings. The minimum Gasteiger partial charge on any atom is -0.381 e. The molecule has 0 radical (unpaired) electrons. The van der Waals surface area contributed by atoms with Crippen molar-refractivity contribution in [3.05, 3.63) is 0 Å². The van der Waals surface area contributed by atoms with E-state index >= 15 is 0 Å². The molecule has 0 aromatic heterocycles. The number of unbranched alkanes of at least 4 members (excludes halogenated alkanes) is 17. The SMILES string of the molecule is CCCCCCCCCCCCCCN(CCCOCCCCCCCCC)CC1CCNC1. The third-order valence-corrected chi connectivity index (χ3v) is 7.66. The highest BCUT2D eigenvalue weighted by molar-refractivity contribution is 4.75. The van der Waals surface area contributed by atoms with Crippen molar-refractivity contribution in [3.63, 3.8) is 0 Å². The van der Waals surface area contributed by atoms with E-state index in [2.05, 4.69) is 24.1 Å². The van der Waals surface area contributed by atoms with Crippen molar-refractivity contribution in [2.75, 3.05) is 45.9 Å². The zero-order valence-corrected chi connectivity index (χ0v) is 23.7. The number of hydrogen-bond acceptors (Lipinski definition) is 3. The molecule has 0 saturated carbocycles. The maximum Gasteiger partial charge on any atom is 0.0478 e. The van der Waals surface area contributed by atoms with E-state index in [1.165, 1.54) is 168 Å². The van der Waals surface area contributed by atoms with Crippen molar-refractivity contribution >= 4 is 0 Å². The molecule has 0 bridgehead atoms. The van der Waals surface area contributed by atoms with Crippen LogP contribution in [-0.2, 0) is 4.74 Å². The zero-order valence-electron chi connectivity index (χ0n) is 23.7. The molecule has 0 amide bonds. The maximum atomic E-state index is 5.96. The van der Waals surface area contributed by atoms with Crippen LogP contribution in [0.15, 0.2) is 0 Å². The molecule has 1 N–H and O–H groups in total. The van der Waals surface area contributed by atoms with E-state index < -0.39 is 0 Å². The largest absolute Gasteiger partial charge is 0.381 e. The van der Waals surface area contributed by atoms with E-state index in [0.29, 0.717) is 0 Å². The van der Waals surface area contributed by atoms with E-state index in [1.807, 2.05) is 0 Å². The number of ether oxygens (including phenoxy) is 1. The van der Waals surface area contributed by atoms with Crippen molar-refractivity contribution < 1.29 is 4.74 Å². The Morgan fingerprint density at radius 3 is 1.59 bits per heavy atom. The Balaban J connectivity index is 1.98. The molecular weight excluding hydrogens is 416 g/mol. The van der Waals surface area contributed by atoms with Gasteiger partial charge in [0.15, 0.2) is 0 Å². The fourth-order valence-electron chi connectivity index (χ4n) is 5.36. The summed E-state index contributed by atoms with van der Waals surface area (Å²) in [5.41, 5.74) is 0. The molecule has 1 atom stereocenters. The number of nitrogens with zero attached hydrogens (tertiary/aromatic N) is 1. The van der Waals surface area contributed by atoms with Gasteiger partial charge in [-0.25, -0.2) is 0 Å². The van der Waals surface area contributed by atoms with Crippen LogP contribution in [0.5, 0.6) is 0 Å². The molecule has 204 valence electrons. The molecule has 1 rings (SSSR count). The second-order valence-electron chi connectivity index (χ2n) is 11.1. The summed E-state index contributed by atoms with van der Waals surface area (Å²) in [4.78, 5) is 2.76. The van der Waals surface area contributed by atoms with Crippen LogP contribution in [0, 0.1) is 5.92 Å². The molecule has 0 aromatic carbocycles. The van der Waals surface area contributed by atoms with Crippen LogP contribution in [-0.4, -0.2) is 50.8 Å². The molecule has 3 heteroatoms. The first-order valence-electron chi connectivity index (χ1n) is 15.9. The van der Waals surface area contributed by atoms with Gasteiger partial charge in [-0.1, -0.05) is 123 Å². The normalized spacial score (nSPS) is 16.1. The van der Waals surface area contributed by atoms with E-state index in [9.17, 15) is 0 Å². The van der Waals surface area contributed by atoms with Gasteiger partial charge in [0.05, 0.1) is 0 Å². The summed E-state index contributed by atoms with van der Waals surface area (Å²) in [7, 11) is 0. The summed E-state index contributed by atoms with van der Waals surface area (Å²) in [5, 5.41) is 3.55. The summed E-state index contributed by atoms with van der Waals surface area (Å²) in [5.74, 6) is 0.867. The molecule has 1 saturated heterocycles. The quantitative estimate of drug-likeness (QED) is 0.119. The van der Waals surface area contributed by atoms with Crippen LogP contribution in [0.4, 0.5) is 0 Å². The third kappa shape index (κ3) is 21.2. The second-order valence-corrected chi connectivity index (χ2v) is 11.1. The highest BCUT2D eigenvalue weighted by Gasteiger charge is 2.17. The van der Waals surface area contributed by atoms with Crippen LogP contribution in [0.2, 0.25) is 0 Å². The molecular formula is C31H64N2O. The van der Waals surface area contributed by atoms with Crippen LogP contribution >= 0.6 is 0 Å². The molecule has 3 nitrogen and oxygen atoms in total. The van der Waals surface area contributed by atoms with Crippen LogP contribution < -0.4 is 5.32 Å². The lowest BCUT2D eigenvalue weighted by Crippen LogP contribution is -2.33. The average Bonchev–Trinajstić information content (AvgIpc) is 3.36. The Morgan fingerprint density at radius 1 is 0.588 bits per heavy atom. The summed E-state index contributed by atoms with van der Waals surface area (Å²) >= 11 is 0. The van der Waals surface area contributed by atoms with E-state index in [-0.39, 0.29) is 0 Å². The van der Waals surface area contributed by atoms with Gasteiger partial charge in [-0.3, -0.25) is 0 Å². The number of hydrogen-bond donors (Lipinski definition) is 1. The lowest BCUT2D eigenvalue weighted by Gasteiger charge is -2.25. The summed E-state index contributed by atoms with van der Waals surface area (Å²) in [6.07, 6.45) is 29.4. The molecule has 0 aromatic rings. The van der Waals surface area contributed by atoms with Crippen LogP contribution in [0.25, 0.3) is 0 Å². The molecule has 1 unspecified atom stereocenters. The van der Waals surface area contributed by atoms with E-state index in [1.54, 1.807) is 0 Å². The van der Waals surface area contributed by atoms with Gasteiger partial charge in [0.25, 0.3) is 0 Å². The fourth-order valence-corrected chi connectivity index (χ4v) is 5.36. The lowest BCUT2D eigenvalue weighted by molar-refractivity contribution is 0.114. The Morgan fingerprint density at radius 2 is 1.06 bits per heavy atom. The minimum atomic E-state index is 0.867. The fraction of sp³-hybridized carbons (Fsp3) is 1.00. The summed E-state index contributed by atoms with van der Waals surface area (Å²) < 4.78 is 5.96. The Kier molecular flexibility index (Phi) is 24.4. The van der Waals surface area contributed by atoms with Gasteiger partial charge < -0.3 is 15.0 Å². The first kappa shape index (κ1) is 31.9. The van der Waals surface area contributed by atoms with Gasteiger partial charge in [-0.2, -0.15) is 0 Å². The van der Waals surface area contributed by atoms with Crippen molar-refractivity contribution in [1.29, 1.82) is 0 Å². The third-order valence-electron chi connectivity index (χ3n) is 7.66. The topological polar surface area (TPSA) is 24.5 Å². The lowest BCUT2D eigenvalue weighted by atomic mass is 10.0. The molecule has 0 aliphatic carbocycles. The van der Waals surface area contributed by atoms with Crippen molar-refractivity contribution in [1.82, 2.24) is 10.2 Å². The van der Waals surface area contributed by atoms with Crippen molar-refractivity contribution in [3.8, 4) is 0 Å². The highest BCUT2D eigenvalue weighted by Crippen LogP contribution is 2.14.